The number of rotatable bonds is 2. The molecule has 0 aromatic carbocycles. The van der Waals surface area contributed by atoms with Gasteiger partial charge >= 0.3 is 0 Å². The molecule has 0 amide bonds. The molecule has 76 valence electrons. The molecule has 0 saturated carbocycles. The first-order valence-corrected chi connectivity index (χ1v) is 5.32. The quantitative estimate of drug-likeness (QED) is 0.662. The number of nitrogens with one attached hydrogen (secondary N) is 1. The van der Waals surface area contributed by atoms with E-state index in [2.05, 4.69) is 24.2 Å². The zero-order chi connectivity index (χ0) is 9.26. The molecule has 2 atom stereocenters. The van der Waals surface area contributed by atoms with E-state index in [0.29, 0.717) is 17.9 Å². The summed E-state index contributed by atoms with van der Waals surface area (Å²) in [5.74, 6) is 1.41. The van der Waals surface area contributed by atoms with Gasteiger partial charge in [0.2, 0.25) is 0 Å². The fraction of sp³-hybridized carbons (Fsp3) is 1.00. The van der Waals surface area contributed by atoms with Gasteiger partial charge in [0.25, 0.3) is 0 Å². The highest BCUT2D eigenvalue weighted by Crippen LogP contribution is 2.27. The third-order valence-electron chi connectivity index (χ3n) is 3.45. The van der Waals surface area contributed by atoms with Gasteiger partial charge < -0.3 is 15.0 Å². The van der Waals surface area contributed by atoms with Crippen LogP contribution in [0.4, 0.5) is 0 Å². The Labute approximate surface area is 80.4 Å². The minimum Gasteiger partial charge on any atom is -0.381 e. The molecule has 2 saturated heterocycles. The van der Waals surface area contributed by atoms with Crippen LogP contribution in [0.1, 0.15) is 6.92 Å². The Kier molecular flexibility index (Phi) is 2.86. The van der Waals surface area contributed by atoms with E-state index >= 15 is 0 Å². The molecule has 0 aromatic rings. The molecule has 2 bridgehead atoms. The van der Waals surface area contributed by atoms with Crippen molar-refractivity contribution in [1.29, 1.82) is 0 Å². The van der Waals surface area contributed by atoms with Crippen molar-refractivity contribution in [2.75, 3.05) is 39.9 Å². The molecule has 0 radical (unpaired) electrons. The van der Waals surface area contributed by atoms with E-state index in [1.54, 1.807) is 0 Å². The molecule has 3 heteroatoms. The molecule has 3 nitrogen and oxygen atoms in total. The number of hydrogen-bond acceptors (Lipinski definition) is 3. The van der Waals surface area contributed by atoms with E-state index in [1.165, 1.54) is 19.6 Å². The summed E-state index contributed by atoms with van der Waals surface area (Å²) in [6, 6.07) is 0.691. The minimum atomic E-state index is 0.691. The van der Waals surface area contributed by atoms with Crippen LogP contribution in [0, 0.1) is 11.8 Å². The number of ether oxygens (including phenoxy) is 1. The average molecular weight is 184 g/mol. The maximum atomic E-state index is 5.59. The second kappa shape index (κ2) is 3.95. The predicted molar refractivity (Wildman–Crippen MR) is 52.8 cm³/mol. The van der Waals surface area contributed by atoms with Crippen molar-refractivity contribution in [2.45, 2.75) is 13.0 Å². The smallest absolute Gasteiger partial charge is 0.0521 e. The highest BCUT2D eigenvalue weighted by Gasteiger charge is 2.38. The summed E-state index contributed by atoms with van der Waals surface area (Å²) < 4.78 is 5.59. The van der Waals surface area contributed by atoms with Crippen LogP contribution in [0.2, 0.25) is 0 Å². The van der Waals surface area contributed by atoms with Gasteiger partial charge in [-0.15, -0.1) is 0 Å². The first-order chi connectivity index (χ1) is 6.35. The minimum absolute atomic E-state index is 0.691. The second-order valence-corrected chi connectivity index (χ2v) is 4.22. The first-order valence-electron chi connectivity index (χ1n) is 5.32. The lowest BCUT2D eigenvalue weighted by Crippen LogP contribution is -2.59. The number of nitrogens with zero attached hydrogens (tertiary/aromatic N) is 1. The molecule has 2 rings (SSSR count). The summed E-state index contributed by atoms with van der Waals surface area (Å²) in [5.41, 5.74) is 0. The van der Waals surface area contributed by atoms with E-state index in [9.17, 15) is 0 Å². The molecule has 2 aliphatic rings. The zero-order valence-electron chi connectivity index (χ0n) is 8.62. The maximum absolute atomic E-state index is 5.59. The fourth-order valence-electron chi connectivity index (χ4n) is 2.76. The molecule has 1 N–H and O–H groups in total. The van der Waals surface area contributed by atoms with Crippen molar-refractivity contribution in [2.24, 2.45) is 11.8 Å². The van der Waals surface area contributed by atoms with Gasteiger partial charge in [-0.3, -0.25) is 0 Å². The fourth-order valence-corrected chi connectivity index (χ4v) is 2.76. The van der Waals surface area contributed by atoms with Crippen LogP contribution in [-0.2, 0) is 4.74 Å². The SMILES string of the molecule is CCN1CC2COCC(C1)C2NC. The van der Waals surface area contributed by atoms with Crippen LogP contribution >= 0.6 is 0 Å². The predicted octanol–water partition coefficient (Wildman–Crippen LogP) is 0.173. The lowest BCUT2D eigenvalue weighted by Gasteiger charge is -2.46. The van der Waals surface area contributed by atoms with Gasteiger partial charge in [-0.05, 0) is 13.6 Å². The summed E-state index contributed by atoms with van der Waals surface area (Å²) in [7, 11) is 2.08. The molecule has 0 spiro atoms. The van der Waals surface area contributed by atoms with E-state index in [0.717, 1.165) is 13.2 Å². The van der Waals surface area contributed by atoms with Gasteiger partial charge in [-0.1, -0.05) is 6.92 Å². The molecule has 0 aliphatic carbocycles. The molecular weight excluding hydrogens is 164 g/mol. The Morgan fingerprint density at radius 1 is 1.31 bits per heavy atom. The third-order valence-corrected chi connectivity index (χ3v) is 3.45. The summed E-state index contributed by atoms with van der Waals surface area (Å²) in [4.78, 5) is 2.55. The van der Waals surface area contributed by atoms with Gasteiger partial charge in [0.05, 0.1) is 13.2 Å². The molecule has 13 heavy (non-hydrogen) atoms. The summed E-state index contributed by atoms with van der Waals surface area (Å²) >= 11 is 0. The zero-order valence-corrected chi connectivity index (χ0v) is 8.62. The second-order valence-electron chi connectivity index (χ2n) is 4.22. The van der Waals surface area contributed by atoms with Gasteiger partial charge in [-0.25, -0.2) is 0 Å². The molecule has 2 unspecified atom stereocenters. The molecule has 2 aliphatic heterocycles. The van der Waals surface area contributed by atoms with Gasteiger partial charge in [0, 0.05) is 31.0 Å². The molecule has 0 aromatic heterocycles. The summed E-state index contributed by atoms with van der Waals surface area (Å²) in [6.07, 6.45) is 0. The summed E-state index contributed by atoms with van der Waals surface area (Å²) in [5, 5.41) is 3.44. The van der Waals surface area contributed by atoms with Gasteiger partial charge in [0.15, 0.2) is 0 Å². The van der Waals surface area contributed by atoms with Crippen molar-refractivity contribution < 1.29 is 4.74 Å². The van der Waals surface area contributed by atoms with Crippen molar-refractivity contribution in [3.05, 3.63) is 0 Å². The molecule has 2 heterocycles. The monoisotopic (exact) mass is 184 g/mol. The molecule has 2 fully saturated rings. The van der Waals surface area contributed by atoms with E-state index in [4.69, 9.17) is 4.74 Å². The van der Waals surface area contributed by atoms with Crippen LogP contribution in [0.25, 0.3) is 0 Å². The van der Waals surface area contributed by atoms with Crippen LogP contribution < -0.4 is 5.32 Å². The number of piperidine rings is 1. The molecular formula is C10H20N2O. The van der Waals surface area contributed by atoms with Crippen molar-refractivity contribution >= 4 is 0 Å². The standard InChI is InChI=1S/C10H20N2O/c1-3-12-4-8-6-13-7-9(5-12)10(8)11-2/h8-11H,3-7H2,1-2H3. The largest absolute Gasteiger partial charge is 0.381 e. The Hall–Kier alpha value is -0.120. The van der Waals surface area contributed by atoms with E-state index in [-0.39, 0.29) is 0 Å². The van der Waals surface area contributed by atoms with E-state index < -0.39 is 0 Å². The van der Waals surface area contributed by atoms with Crippen molar-refractivity contribution in [3.8, 4) is 0 Å². The number of likely N-dealkylation sites (tertiary alicyclic amines) is 1. The Bertz CT molecular complexity index is 160. The van der Waals surface area contributed by atoms with Gasteiger partial charge in [0.1, 0.15) is 0 Å². The lowest BCUT2D eigenvalue weighted by atomic mass is 9.82. The Morgan fingerprint density at radius 3 is 2.38 bits per heavy atom. The first kappa shape index (κ1) is 9.44. The van der Waals surface area contributed by atoms with E-state index in [1.807, 2.05) is 0 Å². The third kappa shape index (κ3) is 1.73. The maximum Gasteiger partial charge on any atom is 0.0521 e. The summed E-state index contributed by atoms with van der Waals surface area (Å²) in [6.45, 7) is 7.73. The number of hydrogen-bond donors (Lipinski definition) is 1. The van der Waals surface area contributed by atoms with Crippen LogP contribution in [-0.4, -0.2) is 50.8 Å². The normalized spacial score (nSPS) is 40.6. The van der Waals surface area contributed by atoms with Crippen molar-refractivity contribution in [3.63, 3.8) is 0 Å². The van der Waals surface area contributed by atoms with Crippen molar-refractivity contribution in [1.82, 2.24) is 10.2 Å². The van der Waals surface area contributed by atoms with Gasteiger partial charge in [-0.2, -0.15) is 0 Å². The highest BCUT2D eigenvalue weighted by molar-refractivity contribution is 4.92. The van der Waals surface area contributed by atoms with Crippen LogP contribution in [0.3, 0.4) is 0 Å². The topological polar surface area (TPSA) is 24.5 Å². The Balaban J connectivity index is 2.03. The highest BCUT2D eigenvalue weighted by atomic mass is 16.5. The lowest BCUT2D eigenvalue weighted by molar-refractivity contribution is -0.0613. The number of fused-ring (bicyclic) bond motifs is 2. The Morgan fingerprint density at radius 2 is 1.92 bits per heavy atom. The average Bonchev–Trinajstić information content (AvgIpc) is 2.15. The van der Waals surface area contributed by atoms with Crippen LogP contribution in [0.15, 0.2) is 0 Å². The van der Waals surface area contributed by atoms with Crippen LogP contribution in [0.5, 0.6) is 0 Å².